The number of rotatable bonds is 4. The molecule has 0 spiro atoms. The molecule has 116 valence electrons. The van der Waals surface area contributed by atoms with Crippen LogP contribution < -0.4 is 0 Å². The van der Waals surface area contributed by atoms with Gasteiger partial charge in [0.15, 0.2) is 8.24 Å². The molecule has 2 rings (SSSR count). The molecule has 21 heavy (non-hydrogen) atoms. The highest BCUT2D eigenvalue weighted by Crippen LogP contribution is 2.44. The van der Waals surface area contributed by atoms with Gasteiger partial charge in [0.25, 0.3) is 0 Å². The molecular weight excluding hydrogens is 392 g/mol. The molecule has 0 amide bonds. The first-order valence-corrected chi connectivity index (χ1v) is 11.0. The fourth-order valence-corrected chi connectivity index (χ4v) is 11.4. The fraction of sp³-hybridized carbons (Fsp3) is 0.529. The number of hydrogen-bond donors (Lipinski definition) is 0. The summed E-state index contributed by atoms with van der Waals surface area (Å²) in [5.41, 5.74) is 2.89. The molecule has 0 unspecified atom stereocenters. The maximum Gasteiger partial charge on any atom is 0.169 e. The maximum atomic E-state index is 14.4. The molecule has 1 aromatic carbocycles. The zero-order valence-electron chi connectivity index (χ0n) is 13.7. The predicted octanol–water partition coefficient (Wildman–Crippen LogP) is 6.41. The van der Waals surface area contributed by atoms with Gasteiger partial charge in [0.2, 0.25) is 0 Å². The van der Waals surface area contributed by atoms with Gasteiger partial charge >= 0.3 is 0 Å². The van der Waals surface area contributed by atoms with E-state index in [9.17, 15) is 4.39 Å². The number of fused-ring (bicyclic) bond motifs is 1. The molecule has 4 heteroatoms. The summed E-state index contributed by atoms with van der Waals surface area (Å²) in [4.78, 5) is 0. The van der Waals surface area contributed by atoms with Crippen molar-refractivity contribution in [2.24, 2.45) is 0 Å². The summed E-state index contributed by atoms with van der Waals surface area (Å²) < 4.78 is 17.6. The predicted molar refractivity (Wildman–Crippen MR) is 101 cm³/mol. The minimum Gasteiger partial charge on any atom is -0.373 e. The molecular formula is C17H25FINSi. The molecule has 2 aromatic rings. The largest absolute Gasteiger partial charge is 0.373 e. The first kappa shape index (κ1) is 17.0. The Morgan fingerprint density at radius 3 is 1.95 bits per heavy atom. The van der Waals surface area contributed by atoms with E-state index >= 15 is 0 Å². The molecule has 0 radical (unpaired) electrons. The Morgan fingerprint density at radius 2 is 1.48 bits per heavy atom. The van der Waals surface area contributed by atoms with Crippen LogP contribution in [0.4, 0.5) is 4.39 Å². The summed E-state index contributed by atoms with van der Waals surface area (Å²) in [5.74, 6) is -0.0778. The Hall–Kier alpha value is -0.363. The van der Waals surface area contributed by atoms with Crippen LogP contribution in [0, 0.1) is 9.39 Å². The lowest BCUT2D eigenvalue weighted by Gasteiger charge is -2.44. The van der Waals surface area contributed by atoms with Crippen molar-refractivity contribution < 1.29 is 4.39 Å². The summed E-state index contributed by atoms with van der Waals surface area (Å²) in [5, 5.41) is 0.765. The standard InChI is InChI=1S/C17H25FINSi/c1-11(2)21(12(3)4,13(5)6)20-10-9-14-16(20)8-7-15(19)17(14)18/h7-13H,1-6H3. The van der Waals surface area contributed by atoms with Crippen molar-refractivity contribution in [3.63, 3.8) is 0 Å². The molecule has 0 saturated carbocycles. The fourth-order valence-electron chi connectivity index (χ4n) is 4.33. The van der Waals surface area contributed by atoms with Crippen LogP contribution in [0.5, 0.6) is 0 Å². The van der Waals surface area contributed by atoms with Crippen molar-refractivity contribution in [2.45, 2.75) is 58.2 Å². The summed E-state index contributed by atoms with van der Waals surface area (Å²) >= 11 is 2.07. The third kappa shape index (κ3) is 2.48. The summed E-state index contributed by atoms with van der Waals surface area (Å²) in [6.45, 7) is 14.0. The van der Waals surface area contributed by atoms with Crippen molar-refractivity contribution >= 4 is 41.7 Å². The van der Waals surface area contributed by atoms with Crippen molar-refractivity contribution in [1.29, 1.82) is 0 Å². The van der Waals surface area contributed by atoms with Crippen molar-refractivity contribution in [3.05, 3.63) is 33.8 Å². The quantitative estimate of drug-likeness (QED) is 0.400. The van der Waals surface area contributed by atoms with Crippen LogP contribution in [-0.4, -0.2) is 12.5 Å². The molecule has 1 heterocycles. The van der Waals surface area contributed by atoms with E-state index in [2.05, 4.69) is 80.6 Å². The molecule has 0 fully saturated rings. The third-order valence-electron chi connectivity index (χ3n) is 4.95. The van der Waals surface area contributed by atoms with Crippen LogP contribution in [0.1, 0.15) is 41.5 Å². The van der Waals surface area contributed by atoms with Crippen molar-refractivity contribution in [1.82, 2.24) is 4.23 Å². The second-order valence-electron chi connectivity index (χ2n) is 6.83. The van der Waals surface area contributed by atoms with Crippen LogP contribution >= 0.6 is 22.6 Å². The molecule has 0 aliphatic carbocycles. The van der Waals surface area contributed by atoms with E-state index in [4.69, 9.17) is 0 Å². The minimum atomic E-state index is -1.81. The van der Waals surface area contributed by atoms with Gasteiger partial charge in [-0.3, -0.25) is 0 Å². The van der Waals surface area contributed by atoms with Crippen LogP contribution in [0.2, 0.25) is 16.6 Å². The summed E-state index contributed by atoms with van der Waals surface area (Å²) in [6, 6.07) is 5.95. The van der Waals surface area contributed by atoms with Crippen molar-refractivity contribution in [3.8, 4) is 0 Å². The van der Waals surface area contributed by atoms with Crippen molar-refractivity contribution in [2.75, 3.05) is 0 Å². The number of hydrogen-bond acceptors (Lipinski definition) is 0. The van der Waals surface area contributed by atoms with E-state index in [0.29, 0.717) is 20.2 Å². The van der Waals surface area contributed by atoms with E-state index in [1.54, 1.807) is 0 Å². The highest BCUT2D eigenvalue weighted by atomic mass is 127. The van der Waals surface area contributed by atoms with Gasteiger partial charge < -0.3 is 4.23 Å². The average Bonchev–Trinajstić information content (AvgIpc) is 2.78. The van der Waals surface area contributed by atoms with E-state index in [-0.39, 0.29) is 5.82 Å². The molecule has 0 bridgehead atoms. The molecule has 0 atom stereocenters. The smallest absolute Gasteiger partial charge is 0.169 e. The van der Waals surface area contributed by atoms with Gasteiger partial charge in [-0.05, 0) is 63.6 Å². The average molecular weight is 417 g/mol. The van der Waals surface area contributed by atoms with E-state index < -0.39 is 8.24 Å². The Kier molecular flexibility index (Phi) is 4.88. The minimum absolute atomic E-state index is 0.0778. The van der Waals surface area contributed by atoms with E-state index in [0.717, 1.165) is 10.9 Å². The number of aromatic nitrogens is 1. The first-order valence-electron chi connectivity index (χ1n) is 7.70. The van der Waals surface area contributed by atoms with Gasteiger partial charge in [-0.2, -0.15) is 0 Å². The van der Waals surface area contributed by atoms with E-state index in [1.807, 2.05) is 12.1 Å². The third-order valence-corrected chi connectivity index (χ3v) is 12.6. The second-order valence-corrected chi connectivity index (χ2v) is 13.7. The lowest BCUT2D eigenvalue weighted by Crippen LogP contribution is -2.51. The lowest BCUT2D eigenvalue weighted by atomic mass is 10.2. The van der Waals surface area contributed by atoms with Crippen LogP contribution in [0.25, 0.3) is 10.9 Å². The SMILES string of the molecule is CC(C)[Si](C(C)C)(C(C)C)n1ccc2c(F)c(I)ccc21. The highest BCUT2D eigenvalue weighted by molar-refractivity contribution is 14.1. The number of benzene rings is 1. The van der Waals surface area contributed by atoms with Gasteiger partial charge in [0.1, 0.15) is 5.82 Å². The second kappa shape index (κ2) is 6.03. The summed E-state index contributed by atoms with van der Waals surface area (Å²) in [6.07, 6.45) is 2.13. The molecule has 1 nitrogen and oxygen atoms in total. The van der Waals surface area contributed by atoms with Gasteiger partial charge in [-0.1, -0.05) is 41.5 Å². The van der Waals surface area contributed by atoms with Gasteiger partial charge in [0.05, 0.1) is 0 Å². The Balaban J connectivity index is 2.81. The first-order chi connectivity index (χ1) is 9.74. The van der Waals surface area contributed by atoms with Crippen LogP contribution in [0.15, 0.2) is 24.4 Å². The van der Waals surface area contributed by atoms with Gasteiger partial charge in [-0.25, -0.2) is 4.39 Å². The highest BCUT2D eigenvalue weighted by Gasteiger charge is 2.45. The Bertz CT molecular complexity index is 624. The summed E-state index contributed by atoms with van der Waals surface area (Å²) in [7, 11) is -1.81. The number of nitrogens with zero attached hydrogens (tertiary/aromatic N) is 1. The molecule has 0 aliphatic heterocycles. The Labute approximate surface area is 142 Å². The molecule has 0 N–H and O–H groups in total. The monoisotopic (exact) mass is 417 g/mol. The molecule has 1 aromatic heterocycles. The normalized spacial score (nSPS) is 13.1. The number of halogens is 2. The van der Waals surface area contributed by atoms with Crippen LogP contribution in [-0.2, 0) is 0 Å². The van der Waals surface area contributed by atoms with Gasteiger partial charge in [-0.15, -0.1) is 0 Å². The Morgan fingerprint density at radius 1 is 0.952 bits per heavy atom. The lowest BCUT2D eigenvalue weighted by molar-refractivity contribution is 0.632. The van der Waals surface area contributed by atoms with Gasteiger partial charge in [0, 0.05) is 14.5 Å². The van der Waals surface area contributed by atoms with Crippen LogP contribution in [0.3, 0.4) is 0 Å². The maximum absolute atomic E-state index is 14.4. The molecule has 0 aliphatic rings. The topological polar surface area (TPSA) is 4.93 Å². The zero-order valence-corrected chi connectivity index (χ0v) is 16.9. The molecule has 0 saturated heterocycles. The van der Waals surface area contributed by atoms with E-state index in [1.165, 1.54) is 0 Å². The zero-order chi connectivity index (χ0) is 15.9.